The van der Waals surface area contributed by atoms with Crippen LogP contribution in [0.3, 0.4) is 0 Å². The van der Waals surface area contributed by atoms with E-state index >= 15 is 0 Å². The number of aliphatic carboxylic acids is 1. The van der Waals surface area contributed by atoms with E-state index in [0.717, 1.165) is 63.2 Å². The lowest BCUT2D eigenvalue weighted by Gasteiger charge is -2.46. The Bertz CT molecular complexity index is 1360. The molecule has 2 saturated heterocycles. The molecule has 0 bridgehead atoms. The lowest BCUT2D eigenvalue weighted by Crippen LogP contribution is -2.55. The molecule has 3 atom stereocenters. The maximum atomic E-state index is 11.9. The zero-order chi connectivity index (χ0) is 32.6. The maximum Gasteiger partial charge on any atom is 0.323 e. The predicted molar refractivity (Wildman–Crippen MR) is 178 cm³/mol. The number of alkyl halides is 1. The minimum atomic E-state index is -0.914. The first-order chi connectivity index (χ1) is 22.3. The fraction of sp³-hybridized carbons (Fsp3) is 0.559. The van der Waals surface area contributed by atoms with Crippen molar-refractivity contribution in [2.75, 3.05) is 66.8 Å². The Labute approximate surface area is 279 Å². The highest BCUT2D eigenvalue weighted by atomic mass is 79.9. The van der Waals surface area contributed by atoms with Crippen LogP contribution in [0.15, 0.2) is 48.6 Å². The van der Waals surface area contributed by atoms with Crippen LogP contribution in [-0.2, 0) is 20.8 Å². The number of rotatable bonds is 14. The summed E-state index contributed by atoms with van der Waals surface area (Å²) in [5.74, 6) is -0.276. The molecule has 1 aromatic carbocycles. The quantitative estimate of drug-likeness (QED) is 0.220. The second-order valence-electron chi connectivity index (χ2n) is 12.0. The number of morpholine rings is 1. The van der Waals surface area contributed by atoms with E-state index in [4.69, 9.17) is 23.7 Å². The van der Waals surface area contributed by atoms with Crippen LogP contribution in [-0.4, -0.2) is 114 Å². The number of piperidine rings is 1. The molecular formula is C34H45BrN4O7. The lowest BCUT2D eigenvalue weighted by molar-refractivity contribution is -0.144. The fourth-order valence-corrected chi connectivity index (χ4v) is 7.12. The van der Waals surface area contributed by atoms with Crippen molar-refractivity contribution in [2.45, 2.75) is 55.1 Å². The van der Waals surface area contributed by atoms with E-state index in [-0.39, 0.29) is 30.9 Å². The highest BCUT2D eigenvalue weighted by Crippen LogP contribution is 2.48. The molecule has 0 spiro atoms. The van der Waals surface area contributed by atoms with Crippen LogP contribution in [0.2, 0.25) is 0 Å². The van der Waals surface area contributed by atoms with Crippen molar-refractivity contribution in [3.8, 4) is 17.8 Å². The Kier molecular flexibility index (Phi) is 11.7. The van der Waals surface area contributed by atoms with Gasteiger partial charge >= 0.3 is 12.0 Å². The molecule has 11 nitrogen and oxygen atoms in total. The number of methoxy groups -OCH3 is 2. The molecule has 250 valence electrons. The number of nitrogens with zero attached hydrogens (tertiary/aromatic N) is 4. The van der Waals surface area contributed by atoms with Crippen LogP contribution in [0.1, 0.15) is 43.7 Å². The predicted octanol–water partition coefficient (Wildman–Crippen LogP) is 4.60. The number of halogens is 1. The number of benzene rings is 1. The van der Waals surface area contributed by atoms with E-state index in [1.807, 2.05) is 35.3 Å². The molecule has 0 saturated carbocycles. The van der Waals surface area contributed by atoms with Gasteiger partial charge in [0.25, 0.3) is 0 Å². The van der Waals surface area contributed by atoms with E-state index in [1.165, 1.54) is 14.2 Å². The standard InChI is InChI=1S/C34H45BrN4O7/c1-33(35)27(25-11-5-4-6-12-25)13-9-15-34(33,46-20-10-16-38-18-21-44-22-19-38)24-45-32-36-29(42-2)26(30(37-32)43-3)23-39-17-8-7-14-28(39)31(40)41/h4-6,9,11-13,15,28H,7-8,10,14,16-24H2,1-3H3,(H,40,41). The maximum absolute atomic E-state index is 11.9. The summed E-state index contributed by atoms with van der Waals surface area (Å²) >= 11 is 4.07. The largest absolute Gasteiger partial charge is 0.481 e. The fourth-order valence-electron chi connectivity index (χ4n) is 6.40. The summed E-state index contributed by atoms with van der Waals surface area (Å²) in [7, 11) is 3.05. The molecule has 5 rings (SSSR count). The van der Waals surface area contributed by atoms with Crippen molar-refractivity contribution in [1.82, 2.24) is 19.8 Å². The van der Waals surface area contributed by atoms with E-state index < -0.39 is 21.9 Å². The number of carboxylic acid groups (broad SMARTS) is 1. The zero-order valence-electron chi connectivity index (χ0n) is 27.0. The Morgan fingerprint density at radius 1 is 1.09 bits per heavy atom. The summed E-state index contributed by atoms with van der Waals surface area (Å²) < 4.78 is 29.3. The first kappa shape index (κ1) is 34.3. The molecule has 1 aromatic heterocycles. The Morgan fingerprint density at radius 3 is 2.48 bits per heavy atom. The number of hydrogen-bond acceptors (Lipinski definition) is 10. The smallest absolute Gasteiger partial charge is 0.323 e. The zero-order valence-corrected chi connectivity index (χ0v) is 28.5. The number of hydrogen-bond donors (Lipinski definition) is 1. The monoisotopic (exact) mass is 700 g/mol. The highest BCUT2D eigenvalue weighted by molar-refractivity contribution is 9.10. The van der Waals surface area contributed by atoms with Crippen molar-refractivity contribution in [3.05, 3.63) is 59.7 Å². The summed E-state index contributed by atoms with van der Waals surface area (Å²) in [5.41, 5.74) is 1.81. The molecule has 2 aromatic rings. The van der Waals surface area contributed by atoms with Gasteiger partial charge in [-0.05, 0) is 49.9 Å². The van der Waals surface area contributed by atoms with Gasteiger partial charge in [-0.2, -0.15) is 9.97 Å². The van der Waals surface area contributed by atoms with Crippen molar-refractivity contribution in [2.24, 2.45) is 0 Å². The van der Waals surface area contributed by atoms with Crippen LogP contribution in [0.5, 0.6) is 17.8 Å². The van der Waals surface area contributed by atoms with Gasteiger partial charge in [-0.25, -0.2) is 0 Å². The third-order valence-electron chi connectivity index (χ3n) is 9.07. The van der Waals surface area contributed by atoms with Gasteiger partial charge in [0.15, 0.2) is 0 Å². The summed E-state index contributed by atoms with van der Waals surface area (Å²) in [6.45, 7) is 7.95. The average Bonchev–Trinajstić information content (AvgIpc) is 3.07. The molecule has 1 N–H and O–H groups in total. The minimum Gasteiger partial charge on any atom is -0.481 e. The van der Waals surface area contributed by atoms with Gasteiger partial charge in [-0.1, -0.05) is 64.8 Å². The first-order valence-electron chi connectivity index (χ1n) is 15.9. The van der Waals surface area contributed by atoms with E-state index in [0.29, 0.717) is 25.1 Å². The van der Waals surface area contributed by atoms with Gasteiger partial charge in [-0.15, -0.1) is 0 Å². The molecule has 3 heterocycles. The number of aromatic nitrogens is 2. The Morgan fingerprint density at radius 2 is 1.80 bits per heavy atom. The van der Waals surface area contributed by atoms with Crippen LogP contribution < -0.4 is 14.2 Å². The van der Waals surface area contributed by atoms with Gasteiger partial charge in [-0.3, -0.25) is 14.6 Å². The topological polar surface area (TPSA) is 116 Å². The summed E-state index contributed by atoms with van der Waals surface area (Å²) in [6, 6.07) is 9.72. The van der Waals surface area contributed by atoms with E-state index in [9.17, 15) is 9.90 Å². The number of likely N-dealkylation sites (tertiary alicyclic amines) is 1. The summed E-state index contributed by atoms with van der Waals surface area (Å²) in [4.78, 5) is 25.4. The third-order valence-corrected chi connectivity index (χ3v) is 10.2. The lowest BCUT2D eigenvalue weighted by atomic mass is 9.77. The van der Waals surface area contributed by atoms with Gasteiger partial charge < -0.3 is 28.8 Å². The molecule has 12 heteroatoms. The normalized spacial score (nSPS) is 25.6. The Hall–Kier alpha value is -3.03. The number of carboxylic acids is 1. The van der Waals surface area contributed by atoms with E-state index in [1.54, 1.807) is 0 Å². The molecule has 0 amide bonds. The molecular weight excluding hydrogens is 656 g/mol. The number of ether oxygens (including phenoxy) is 5. The summed E-state index contributed by atoms with van der Waals surface area (Å²) in [6.07, 6.45) is 9.39. The van der Waals surface area contributed by atoms with Crippen LogP contribution >= 0.6 is 15.9 Å². The van der Waals surface area contributed by atoms with Crippen molar-refractivity contribution in [3.63, 3.8) is 0 Å². The first-order valence-corrected chi connectivity index (χ1v) is 16.7. The minimum absolute atomic E-state index is 0.0784. The SMILES string of the molecule is COc1nc(OCC2(OCCCN3CCOCC3)C=CC=C(c3ccccc3)C2(C)Br)nc(OC)c1CN1CCCCC1C(=O)O. The van der Waals surface area contributed by atoms with E-state index in [2.05, 4.69) is 55.9 Å². The van der Waals surface area contributed by atoms with Crippen LogP contribution in [0.4, 0.5) is 0 Å². The van der Waals surface area contributed by atoms with Gasteiger partial charge in [0, 0.05) is 32.8 Å². The Balaban J connectivity index is 1.38. The van der Waals surface area contributed by atoms with Crippen molar-refractivity contribution >= 4 is 27.5 Å². The van der Waals surface area contributed by atoms with Crippen molar-refractivity contribution in [1.29, 1.82) is 0 Å². The second kappa shape index (κ2) is 15.7. The van der Waals surface area contributed by atoms with Crippen LogP contribution in [0.25, 0.3) is 5.57 Å². The van der Waals surface area contributed by atoms with Gasteiger partial charge in [0.1, 0.15) is 18.2 Å². The average molecular weight is 702 g/mol. The number of allylic oxidation sites excluding steroid dienone is 2. The van der Waals surface area contributed by atoms with Gasteiger partial charge in [0.2, 0.25) is 11.8 Å². The highest BCUT2D eigenvalue weighted by Gasteiger charge is 2.51. The summed E-state index contributed by atoms with van der Waals surface area (Å²) in [5, 5.41) is 9.79. The molecule has 2 fully saturated rings. The molecule has 3 aliphatic rings. The number of carbonyl (C=O) groups is 1. The van der Waals surface area contributed by atoms with Crippen LogP contribution in [0, 0.1) is 0 Å². The molecule has 2 aliphatic heterocycles. The molecule has 0 radical (unpaired) electrons. The van der Waals surface area contributed by atoms with Crippen molar-refractivity contribution < 1.29 is 33.6 Å². The molecule has 46 heavy (non-hydrogen) atoms. The molecule has 3 unspecified atom stereocenters. The second-order valence-corrected chi connectivity index (χ2v) is 13.6. The third kappa shape index (κ3) is 7.74. The molecule has 1 aliphatic carbocycles. The van der Waals surface area contributed by atoms with Gasteiger partial charge in [0.05, 0.1) is 37.3 Å².